The molecule has 0 aliphatic carbocycles. The van der Waals surface area contributed by atoms with Gasteiger partial charge in [-0.2, -0.15) is 13.2 Å². The van der Waals surface area contributed by atoms with Crippen molar-refractivity contribution in [3.63, 3.8) is 0 Å². The van der Waals surface area contributed by atoms with Gasteiger partial charge < -0.3 is 9.64 Å². The fraction of sp³-hybridized carbons (Fsp3) is 0.381. The van der Waals surface area contributed by atoms with Crippen LogP contribution in [0, 0.1) is 0 Å². The number of carbonyl (C=O) groups is 1. The molecule has 0 fully saturated rings. The average Bonchev–Trinajstić information content (AvgIpc) is 2.66. The second-order valence-electron chi connectivity index (χ2n) is 7.35. The molecule has 0 aromatic heterocycles. The summed E-state index contributed by atoms with van der Waals surface area (Å²) in [5, 5.41) is 0. The summed E-state index contributed by atoms with van der Waals surface area (Å²) in [5.74, 6) is 0.639. The lowest BCUT2D eigenvalue weighted by Gasteiger charge is -2.29. The summed E-state index contributed by atoms with van der Waals surface area (Å²) >= 11 is 0. The van der Waals surface area contributed by atoms with E-state index in [0.29, 0.717) is 25.3 Å². The van der Waals surface area contributed by atoms with E-state index in [1.165, 1.54) is 12.1 Å². The largest absolute Gasteiger partial charge is 0.457 e. The molecule has 5 nitrogen and oxygen atoms in total. The maximum absolute atomic E-state index is 12.7. The van der Waals surface area contributed by atoms with Crippen LogP contribution >= 0.6 is 0 Å². The topological polar surface area (TPSA) is 63.7 Å². The molecule has 0 radical (unpaired) electrons. The highest BCUT2D eigenvalue weighted by atomic mass is 32.2. The summed E-state index contributed by atoms with van der Waals surface area (Å²) in [6, 6.07) is 9.87. The Hall–Kier alpha value is -2.55. The highest BCUT2D eigenvalue weighted by Crippen LogP contribution is 2.32. The van der Waals surface area contributed by atoms with Gasteiger partial charge in [-0.25, -0.2) is 8.42 Å². The van der Waals surface area contributed by atoms with Gasteiger partial charge in [-0.15, -0.1) is 0 Å². The molecule has 0 saturated carbocycles. The number of alkyl halides is 3. The zero-order valence-electron chi connectivity index (χ0n) is 16.4. The first-order valence-electron chi connectivity index (χ1n) is 9.44. The summed E-state index contributed by atoms with van der Waals surface area (Å²) in [7, 11) is -3.10. The van der Waals surface area contributed by atoms with Crippen LogP contribution in [0.5, 0.6) is 11.5 Å². The second kappa shape index (κ2) is 8.67. The van der Waals surface area contributed by atoms with Crippen LogP contribution in [-0.2, 0) is 33.8 Å². The number of fused-ring (bicyclic) bond motifs is 1. The van der Waals surface area contributed by atoms with E-state index in [1.807, 2.05) is 6.07 Å². The number of sulfone groups is 1. The quantitative estimate of drug-likeness (QED) is 0.674. The van der Waals surface area contributed by atoms with Crippen molar-refractivity contribution in [1.29, 1.82) is 0 Å². The first-order chi connectivity index (χ1) is 14.0. The van der Waals surface area contributed by atoms with Gasteiger partial charge >= 0.3 is 6.18 Å². The molecule has 9 heteroatoms. The number of hydrogen-bond acceptors (Lipinski definition) is 4. The van der Waals surface area contributed by atoms with Crippen molar-refractivity contribution in [1.82, 2.24) is 4.90 Å². The highest BCUT2D eigenvalue weighted by Gasteiger charge is 2.30. The predicted octanol–water partition coefficient (Wildman–Crippen LogP) is 4.21. The molecule has 0 unspecified atom stereocenters. The van der Waals surface area contributed by atoms with E-state index >= 15 is 0 Å². The van der Waals surface area contributed by atoms with Crippen molar-refractivity contribution in [3.8, 4) is 11.5 Å². The molecule has 0 N–H and O–H groups in total. The van der Waals surface area contributed by atoms with Gasteiger partial charge in [0.1, 0.15) is 21.3 Å². The third-order valence-electron chi connectivity index (χ3n) is 4.87. The molecule has 162 valence electrons. The Bertz CT molecular complexity index is 1020. The number of carbonyl (C=O) groups excluding carboxylic acids is 1. The molecular weight excluding hydrogens is 419 g/mol. The molecule has 2 aromatic carbocycles. The third-order valence-corrected chi connectivity index (χ3v) is 5.90. The van der Waals surface area contributed by atoms with Gasteiger partial charge in [0.25, 0.3) is 0 Å². The summed E-state index contributed by atoms with van der Waals surface area (Å²) in [5.41, 5.74) is 1.24. The Morgan fingerprint density at radius 3 is 2.37 bits per heavy atom. The average molecular weight is 441 g/mol. The lowest BCUT2D eigenvalue weighted by atomic mass is 9.99. The van der Waals surface area contributed by atoms with Crippen LogP contribution in [0.2, 0.25) is 0 Å². The minimum atomic E-state index is -4.40. The smallest absolute Gasteiger partial charge is 0.416 e. The molecule has 30 heavy (non-hydrogen) atoms. The maximum Gasteiger partial charge on any atom is 0.416 e. The van der Waals surface area contributed by atoms with E-state index in [-0.39, 0.29) is 30.3 Å². The summed E-state index contributed by atoms with van der Waals surface area (Å²) < 4.78 is 66.1. The van der Waals surface area contributed by atoms with E-state index in [1.54, 1.807) is 17.0 Å². The van der Waals surface area contributed by atoms with E-state index < -0.39 is 21.6 Å². The van der Waals surface area contributed by atoms with Crippen molar-refractivity contribution in [2.75, 3.05) is 18.6 Å². The molecule has 0 bridgehead atoms. The van der Waals surface area contributed by atoms with E-state index in [2.05, 4.69) is 0 Å². The molecule has 0 saturated heterocycles. The Kier molecular flexibility index (Phi) is 6.40. The van der Waals surface area contributed by atoms with Gasteiger partial charge in [-0.05, 0) is 60.4 Å². The standard InChI is InChI=1S/C21H22F3NO4S/c1-30(27,28)12-2-3-20(26)25-11-10-15-4-7-19(13-16(15)14-25)29-18-8-5-17(6-9-18)21(22,23)24/h4-9,13H,2-3,10-12,14H2,1H3. The zero-order chi connectivity index (χ0) is 21.9. The van der Waals surface area contributed by atoms with Crippen LogP contribution in [0.4, 0.5) is 13.2 Å². The normalized spacial score (nSPS) is 14.3. The fourth-order valence-electron chi connectivity index (χ4n) is 3.30. The van der Waals surface area contributed by atoms with Gasteiger partial charge in [0, 0.05) is 25.8 Å². The number of nitrogens with zero attached hydrogens (tertiary/aromatic N) is 1. The van der Waals surface area contributed by atoms with Crippen LogP contribution in [0.1, 0.15) is 29.5 Å². The van der Waals surface area contributed by atoms with Gasteiger partial charge in [-0.1, -0.05) is 6.07 Å². The fourth-order valence-corrected chi connectivity index (χ4v) is 3.97. The van der Waals surface area contributed by atoms with Gasteiger partial charge in [0.15, 0.2) is 0 Å². The number of benzene rings is 2. The van der Waals surface area contributed by atoms with Crippen molar-refractivity contribution in [2.45, 2.75) is 32.0 Å². The maximum atomic E-state index is 12.7. The Balaban J connectivity index is 1.64. The molecule has 1 aliphatic heterocycles. The first kappa shape index (κ1) is 22.1. The number of hydrogen-bond donors (Lipinski definition) is 0. The zero-order valence-corrected chi connectivity index (χ0v) is 17.2. The van der Waals surface area contributed by atoms with Crippen molar-refractivity contribution in [2.24, 2.45) is 0 Å². The molecule has 0 spiro atoms. The van der Waals surface area contributed by atoms with Crippen LogP contribution in [0.25, 0.3) is 0 Å². The third kappa shape index (κ3) is 5.98. The number of halogens is 3. The number of ether oxygens (including phenoxy) is 1. The Morgan fingerprint density at radius 1 is 1.07 bits per heavy atom. The molecule has 2 aromatic rings. The van der Waals surface area contributed by atoms with Crippen molar-refractivity contribution in [3.05, 3.63) is 59.2 Å². The first-order valence-corrected chi connectivity index (χ1v) is 11.5. The minimum absolute atomic E-state index is 0.0196. The van der Waals surface area contributed by atoms with Gasteiger partial charge in [0.2, 0.25) is 5.91 Å². The van der Waals surface area contributed by atoms with E-state index in [0.717, 1.165) is 29.5 Å². The molecule has 1 heterocycles. The minimum Gasteiger partial charge on any atom is -0.457 e. The molecular formula is C21H22F3NO4S. The SMILES string of the molecule is CS(=O)(=O)CCCC(=O)N1CCc2ccc(Oc3ccc(C(F)(F)F)cc3)cc2C1. The van der Waals surface area contributed by atoms with Gasteiger partial charge in [0.05, 0.1) is 11.3 Å². The van der Waals surface area contributed by atoms with Gasteiger partial charge in [-0.3, -0.25) is 4.79 Å². The predicted molar refractivity (Wildman–Crippen MR) is 106 cm³/mol. The molecule has 1 amide bonds. The summed E-state index contributed by atoms with van der Waals surface area (Å²) in [6.07, 6.45) is -2.12. The van der Waals surface area contributed by atoms with Crippen molar-refractivity contribution >= 4 is 15.7 Å². The molecule has 1 aliphatic rings. The Labute approximate surface area is 173 Å². The van der Waals surface area contributed by atoms with Crippen LogP contribution in [-0.4, -0.2) is 37.8 Å². The molecule has 3 rings (SSSR count). The lowest BCUT2D eigenvalue weighted by Crippen LogP contribution is -2.36. The number of rotatable bonds is 6. The second-order valence-corrected chi connectivity index (χ2v) is 9.61. The number of amides is 1. The molecule has 0 atom stereocenters. The van der Waals surface area contributed by atoms with Crippen LogP contribution in [0.3, 0.4) is 0 Å². The van der Waals surface area contributed by atoms with Crippen LogP contribution in [0.15, 0.2) is 42.5 Å². The Morgan fingerprint density at radius 2 is 1.73 bits per heavy atom. The summed E-state index contributed by atoms with van der Waals surface area (Å²) in [4.78, 5) is 14.1. The summed E-state index contributed by atoms with van der Waals surface area (Å²) in [6.45, 7) is 0.946. The van der Waals surface area contributed by atoms with Crippen LogP contribution < -0.4 is 4.74 Å². The van der Waals surface area contributed by atoms with Crippen molar-refractivity contribution < 1.29 is 31.1 Å². The van der Waals surface area contributed by atoms with E-state index in [4.69, 9.17) is 4.74 Å². The van der Waals surface area contributed by atoms with E-state index in [9.17, 15) is 26.4 Å². The lowest BCUT2D eigenvalue weighted by molar-refractivity contribution is -0.137. The highest BCUT2D eigenvalue weighted by molar-refractivity contribution is 7.90. The monoisotopic (exact) mass is 441 g/mol.